The van der Waals surface area contributed by atoms with Crippen molar-refractivity contribution in [3.8, 4) is 0 Å². The van der Waals surface area contributed by atoms with Gasteiger partial charge in [0.1, 0.15) is 0 Å². The van der Waals surface area contributed by atoms with Crippen LogP contribution < -0.4 is 11.1 Å². The van der Waals surface area contributed by atoms with Gasteiger partial charge < -0.3 is 11.1 Å². The molecule has 0 fully saturated rings. The van der Waals surface area contributed by atoms with Crippen LogP contribution in [0.5, 0.6) is 0 Å². The van der Waals surface area contributed by atoms with Gasteiger partial charge >= 0.3 is 0 Å². The quantitative estimate of drug-likeness (QED) is 0.544. The third-order valence-corrected chi connectivity index (χ3v) is 1.23. The smallest absolute Gasteiger partial charge is 0.246 e. The van der Waals surface area contributed by atoms with Crippen molar-refractivity contribution in [3.63, 3.8) is 0 Å². The van der Waals surface area contributed by atoms with E-state index in [-0.39, 0.29) is 5.91 Å². The van der Waals surface area contributed by atoms with Gasteiger partial charge in [-0.1, -0.05) is 6.58 Å². The first-order valence-corrected chi connectivity index (χ1v) is 3.32. The highest BCUT2D eigenvalue weighted by molar-refractivity contribution is 5.92. The number of carbonyl (C=O) groups excluding carboxylic acids is 1. The first kappa shape index (κ1) is 9.17. The fourth-order valence-electron chi connectivity index (χ4n) is 0.606. The van der Waals surface area contributed by atoms with Crippen molar-refractivity contribution in [2.24, 2.45) is 5.73 Å². The second kappa shape index (κ2) is 4.99. The van der Waals surface area contributed by atoms with E-state index in [1.807, 2.05) is 0 Å². The molecule has 0 aliphatic rings. The maximum atomic E-state index is 10.8. The summed E-state index contributed by atoms with van der Waals surface area (Å²) in [6, 6.07) is 0. The molecule has 0 aromatic carbocycles. The summed E-state index contributed by atoms with van der Waals surface area (Å²) in [5.41, 5.74) is 5.85. The monoisotopic (exact) mass is 142 g/mol. The number of nitrogens with two attached hydrogens (primary N) is 1. The second-order valence-corrected chi connectivity index (χ2v) is 2.07. The third kappa shape index (κ3) is 3.25. The Hall–Kier alpha value is -0.830. The molecule has 0 aliphatic carbocycles. The van der Waals surface area contributed by atoms with Crippen LogP contribution in [0.3, 0.4) is 0 Å². The van der Waals surface area contributed by atoms with Crippen LogP contribution in [0.1, 0.15) is 12.8 Å². The summed E-state index contributed by atoms with van der Waals surface area (Å²) in [7, 11) is 1.59. The summed E-state index contributed by atoms with van der Waals surface area (Å²) in [6.07, 6.45) is 1.52. The normalized spacial score (nSPS) is 9.00. The maximum Gasteiger partial charge on any atom is 0.246 e. The van der Waals surface area contributed by atoms with E-state index in [2.05, 4.69) is 11.9 Å². The molecule has 0 aromatic heterocycles. The number of hydrogen-bond acceptors (Lipinski definition) is 2. The van der Waals surface area contributed by atoms with Crippen LogP contribution >= 0.6 is 0 Å². The van der Waals surface area contributed by atoms with Gasteiger partial charge in [-0.15, -0.1) is 0 Å². The van der Waals surface area contributed by atoms with E-state index in [0.29, 0.717) is 18.5 Å². The summed E-state index contributed by atoms with van der Waals surface area (Å²) >= 11 is 0. The van der Waals surface area contributed by atoms with Crippen LogP contribution in [-0.2, 0) is 4.79 Å². The molecule has 0 radical (unpaired) electrons. The number of amides is 1. The Kier molecular flexibility index (Phi) is 4.58. The van der Waals surface area contributed by atoms with Gasteiger partial charge in [0.2, 0.25) is 5.91 Å². The second-order valence-electron chi connectivity index (χ2n) is 2.07. The molecule has 0 saturated carbocycles. The molecule has 0 heterocycles. The Bertz CT molecular complexity index is 132. The average molecular weight is 142 g/mol. The zero-order valence-electron chi connectivity index (χ0n) is 6.31. The SMILES string of the molecule is C=C(CCCN)C(=O)NC. The van der Waals surface area contributed by atoms with Crippen molar-refractivity contribution in [1.29, 1.82) is 0 Å². The minimum Gasteiger partial charge on any atom is -0.355 e. The molecule has 3 nitrogen and oxygen atoms in total. The summed E-state index contributed by atoms with van der Waals surface area (Å²) in [4.78, 5) is 10.8. The van der Waals surface area contributed by atoms with Gasteiger partial charge in [-0.3, -0.25) is 4.79 Å². The predicted molar refractivity (Wildman–Crippen MR) is 41.5 cm³/mol. The van der Waals surface area contributed by atoms with Crippen LogP contribution in [0.25, 0.3) is 0 Å². The number of carbonyl (C=O) groups is 1. The molecular weight excluding hydrogens is 128 g/mol. The highest BCUT2D eigenvalue weighted by Gasteiger charge is 2.01. The van der Waals surface area contributed by atoms with Gasteiger partial charge in [0.25, 0.3) is 0 Å². The van der Waals surface area contributed by atoms with E-state index in [1.54, 1.807) is 7.05 Å². The Balaban J connectivity index is 3.52. The van der Waals surface area contributed by atoms with Crippen LogP contribution in [0.15, 0.2) is 12.2 Å². The van der Waals surface area contributed by atoms with Crippen molar-refractivity contribution in [2.75, 3.05) is 13.6 Å². The van der Waals surface area contributed by atoms with Crippen molar-refractivity contribution in [1.82, 2.24) is 5.32 Å². The van der Waals surface area contributed by atoms with Gasteiger partial charge in [0.15, 0.2) is 0 Å². The molecule has 0 spiro atoms. The number of nitrogens with one attached hydrogen (secondary N) is 1. The standard InChI is InChI=1S/C7H14N2O/c1-6(4-3-5-8)7(10)9-2/h1,3-5,8H2,2H3,(H,9,10). The van der Waals surface area contributed by atoms with Gasteiger partial charge in [0.05, 0.1) is 0 Å². The molecule has 0 unspecified atom stereocenters. The van der Waals surface area contributed by atoms with Crippen molar-refractivity contribution < 1.29 is 4.79 Å². The average Bonchev–Trinajstić information content (AvgIpc) is 1.98. The lowest BCUT2D eigenvalue weighted by atomic mass is 10.1. The Morgan fingerprint density at radius 3 is 2.70 bits per heavy atom. The third-order valence-electron chi connectivity index (χ3n) is 1.23. The van der Waals surface area contributed by atoms with Crippen LogP contribution in [0.2, 0.25) is 0 Å². The van der Waals surface area contributed by atoms with E-state index in [1.165, 1.54) is 0 Å². The Morgan fingerprint density at radius 1 is 1.70 bits per heavy atom. The van der Waals surface area contributed by atoms with E-state index in [9.17, 15) is 4.79 Å². The molecule has 0 saturated heterocycles. The summed E-state index contributed by atoms with van der Waals surface area (Å²) in [5, 5.41) is 2.49. The number of hydrogen-bond donors (Lipinski definition) is 2. The van der Waals surface area contributed by atoms with E-state index in [4.69, 9.17) is 5.73 Å². The zero-order valence-corrected chi connectivity index (χ0v) is 6.31. The zero-order chi connectivity index (χ0) is 7.98. The van der Waals surface area contributed by atoms with Crippen LogP contribution in [-0.4, -0.2) is 19.5 Å². The van der Waals surface area contributed by atoms with Crippen molar-refractivity contribution in [2.45, 2.75) is 12.8 Å². The van der Waals surface area contributed by atoms with Gasteiger partial charge in [-0.05, 0) is 19.4 Å². The molecule has 0 aromatic rings. The molecular formula is C7H14N2O. The summed E-state index contributed by atoms with van der Waals surface area (Å²) in [6.45, 7) is 4.20. The first-order valence-electron chi connectivity index (χ1n) is 3.32. The summed E-state index contributed by atoms with van der Waals surface area (Å²) < 4.78 is 0. The van der Waals surface area contributed by atoms with E-state index in [0.717, 1.165) is 6.42 Å². The van der Waals surface area contributed by atoms with Crippen molar-refractivity contribution in [3.05, 3.63) is 12.2 Å². The number of rotatable bonds is 4. The minimum atomic E-state index is -0.0894. The molecule has 10 heavy (non-hydrogen) atoms. The maximum absolute atomic E-state index is 10.8. The van der Waals surface area contributed by atoms with Gasteiger partial charge in [0, 0.05) is 12.6 Å². The molecule has 3 heteroatoms. The highest BCUT2D eigenvalue weighted by atomic mass is 16.1. The highest BCUT2D eigenvalue weighted by Crippen LogP contribution is 1.99. The number of likely N-dealkylation sites (N-methyl/N-ethyl adjacent to an activating group) is 1. The van der Waals surface area contributed by atoms with E-state index < -0.39 is 0 Å². The van der Waals surface area contributed by atoms with Crippen molar-refractivity contribution >= 4 is 5.91 Å². The topological polar surface area (TPSA) is 55.1 Å². The first-order chi connectivity index (χ1) is 4.72. The lowest BCUT2D eigenvalue weighted by Crippen LogP contribution is -2.19. The molecule has 0 aliphatic heterocycles. The van der Waals surface area contributed by atoms with E-state index >= 15 is 0 Å². The lowest BCUT2D eigenvalue weighted by molar-refractivity contribution is -0.117. The van der Waals surface area contributed by atoms with Crippen LogP contribution in [0, 0.1) is 0 Å². The largest absolute Gasteiger partial charge is 0.355 e. The molecule has 0 bridgehead atoms. The van der Waals surface area contributed by atoms with Gasteiger partial charge in [-0.2, -0.15) is 0 Å². The Morgan fingerprint density at radius 2 is 2.30 bits per heavy atom. The fraction of sp³-hybridized carbons (Fsp3) is 0.571. The van der Waals surface area contributed by atoms with Crippen LogP contribution in [0.4, 0.5) is 0 Å². The molecule has 0 rings (SSSR count). The predicted octanol–water partition coefficient (Wildman–Crippen LogP) is 0.0275. The molecule has 3 N–H and O–H groups in total. The lowest BCUT2D eigenvalue weighted by Gasteiger charge is -2.00. The fourth-order valence-corrected chi connectivity index (χ4v) is 0.606. The summed E-state index contributed by atoms with van der Waals surface area (Å²) in [5.74, 6) is -0.0894. The minimum absolute atomic E-state index is 0.0894. The Labute approximate surface area is 61.3 Å². The molecule has 58 valence electrons. The van der Waals surface area contributed by atoms with Gasteiger partial charge in [-0.25, -0.2) is 0 Å². The molecule has 0 atom stereocenters. The molecule has 1 amide bonds.